The lowest BCUT2D eigenvalue weighted by molar-refractivity contribution is 0.600. The molecule has 0 spiro atoms. The highest BCUT2D eigenvalue weighted by atomic mass is 19.1. The lowest BCUT2D eigenvalue weighted by atomic mass is 9.85. The summed E-state index contributed by atoms with van der Waals surface area (Å²) in [6.45, 7) is 0. The maximum Gasteiger partial charge on any atom is 0.123 e. The van der Waals surface area contributed by atoms with Crippen LogP contribution in [-0.2, 0) is 0 Å². The van der Waals surface area contributed by atoms with Gasteiger partial charge in [-0.15, -0.1) is 0 Å². The molecule has 0 saturated carbocycles. The molecule has 2 aliphatic carbocycles. The number of hydrogen-bond acceptors (Lipinski definition) is 0. The Kier molecular flexibility index (Phi) is 3.89. The molecule has 0 saturated heterocycles. The summed E-state index contributed by atoms with van der Waals surface area (Å²) in [7, 11) is 0. The van der Waals surface area contributed by atoms with Crippen LogP contribution in [0.1, 0.15) is 46.9 Å². The molecular formula is C28H20F2. The van der Waals surface area contributed by atoms with Gasteiger partial charge in [0, 0.05) is 11.8 Å². The van der Waals surface area contributed by atoms with E-state index in [1.165, 1.54) is 34.4 Å². The molecule has 146 valence electrons. The Hall–Kier alpha value is -3.26. The molecule has 2 aliphatic rings. The minimum atomic E-state index is -0.233. The smallest absolute Gasteiger partial charge is 0.123 e. The summed E-state index contributed by atoms with van der Waals surface area (Å²) in [5, 5.41) is 0. The number of hydrogen-bond donors (Lipinski definition) is 0. The molecule has 0 fully saturated rings. The van der Waals surface area contributed by atoms with E-state index in [1.54, 1.807) is 12.1 Å². The van der Waals surface area contributed by atoms with Gasteiger partial charge in [0.25, 0.3) is 0 Å². The highest BCUT2D eigenvalue weighted by Crippen LogP contribution is 2.51. The molecule has 0 bridgehead atoms. The van der Waals surface area contributed by atoms with Crippen LogP contribution in [0.25, 0.3) is 22.3 Å². The molecule has 6 rings (SSSR count). The second-order valence-electron chi connectivity index (χ2n) is 8.32. The fourth-order valence-electron chi connectivity index (χ4n) is 5.52. The molecule has 0 N–H and O–H groups in total. The van der Waals surface area contributed by atoms with Crippen LogP contribution in [0.2, 0.25) is 0 Å². The van der Waals surface area contributed by atoms with Crippen molar-refractivity contribution in [1.82, 2.24) is 0 Å². The monoisotopic (exact) mass is 394 g/mol. The summed E-state index contributed by atoms with van der Waals surface area (Å²) >= 11 is 0. The van der Waals surface area contributed by atoms with Crippen molar-refractivity contribution in [1.29, 1.82) is 0 Å². The molecule has 0 nitrogen and oxygen atoms in total. The zero-order valence-corrected chi connectivity index (χ0v) is 16.4. The van der Waals surface area contributed by atoms with Gasteiger partial charge in [-0.1, -0.05) is 60.7 Å². The number of benzene rings is 4. The highest BCUT2D eigenvalue weighted by Gasteiger charge is 2.33. The van der Waals surface area contributed by atoms with Gasteiger partial charge in [0.1, 0.15) is 11.6 Å². The van der Waals surface area contributed by atoms with E-state index in [0.29, 0.717) is 5.92 Å². The maximum atomic E-state index is 14.1. The van der Waals surface area contributed by atoms with Gasteiger partial charge >= 0.3 is 0 Å². The molecule has 4 aromatic rings. The highest BCUT2D eigenvalue weighted by molar-refractivity contribution is 5.80. The Morgan fingerprint density at radius 3 is 1.37 bits per heavy atom. The molecule has 0 atom stereocenters. The summed E-state index contributed by atoms with van der Waals surface area (Å²) in [6, 6.07) is 27.1. The van der Waals surface area contributed by atoms with Gasteiger partial charge in [-0.25, -0.2) is 8.78 Å². The molecular weight excluding hydrogens is 374 g/mol. The van der Waals surface area contributed by atoms with Crippen molar-refractivity contribution in [2.24, 2.45) is 0 Å². The van der Waals surface area contributed by atoms with Crippen LogP contribution in [0, 0.1) is 11.6 Å². The third-order valence-corrected chi connectivity index (χ3v) is 6.77. The Labute approximate surface area is 174 Å². The summed E-state index contributed by atoms with van der Waals surface area (Å²) in [5.74, 6) is -0.138. The lowest BCUT2D eigenvalue weighted by Crippen LogP contribution is -2.03. The van der Waals surface area contributed by atoms with E-state index in [-0.39, 0.29) is 17.6 Å². The van der Waals surface area contributed by atoms with E-state index in [1.807, 2.05) is 12.1 Å². The normalized spacial score (nSPS) is 14.3. The zero-order chi connectivity index (χ0) is 20.2. The summed E-state index contributed by atoms with van der Waals surface area (Å²) in [6.07, 6.45) is 1.78. The van der Waals surface area contributed by atoms with Crippen molar-refractivity contribution in [2.75, 3.05) is 0 Å². The third-order valence-electron chi connectivity index (χ3n) is 6.77. The summed E-state index contributed by atoms with van der Waals surface area (Å²) in [5.41, 5.74) is 9.36. The number of rotatable bonds is 3. The van der Waals surface area contributed by atoms with Crippen LogP contribution in [0.3, 0.4) is 0 Å². The van der Waals surface area contributed by atoms with Crippen LogP contribution < -0.4 is 0 Å². The first-order valence-corrected chi connectivity index (χ1v) is 10.5. The molecule has 0 aliphatic heterocycles. The maximum absolute atomic E-state index is 14.1. The fourth-order valence-corrected chi connectivity index (χ4v) is 5.52. The van der Waals surface area contributed by atoms with Gasteiger partial charge < -0.3 is 0 Å². The van der Waals surface area contributed by atoms with Crippen molar-refractivity contribution >= 4 is 0 Å². The van der Waals surface area contributed by atoms with Crippen LogP contribution in [0.15, 0.2) is 84.9 Å². The van der Waals surface area contributed by atoms with E-state index in [0.717, 1.165) is 35.1 Å². The van der Waals surface area contributed by atoms with Crippen LogP contribution in [0.5, 0.6) is 0 Å². The average molecular weight is 394 g/mol. The quantitative estimate of drug-likeness (QED) is 0.334. The number of halogens is 2. The second kappa shape index (κ2) is 6.63. The molecule has 4 aromatic carbocycles. The van der Waals surface area contributed by atoms with Gasteiger partial charge in [-0.05, 0) is 81.6 Å². The Balaban J connectivity index is 1.40. The third kappa shape index (κ3) is 2.56. The van der Waals surface area contributed by atoms with Crippen LogP contribution in [0.4, 0.5) is 8.78 Å². The average Bonchev–Trinajstić information content (AvgIpc) is 3.24. The van der Waals surface area contributed by atoms with Crippen LogP contribution in [-0.4, -0.2) is 0 Å². The van der Waals surface area contributed by atoms with E-state index in [4.69, 9.17) is 0 Å². The minimum absolute atomic E-state index is 0.0151. The molecule has 0 aromatic heterocycles. The first-order chi connectivity index (χ1) is 14.7. The standard InChI is InChI=1S/C28H20F2/c29-17-9-11-24-25-12-10-18(30)16-28(25)26(27(24)15-17)14-13-23-21-7-3-1-5-19(21)20-6-2-4-8-22(20)23/h1-12,15-16,23,26H,13-14H2. The van der Waals surface area contributed by atoms with Gasteiger partial charge in [0.15, 0.2) is 0 Å². The largest absolute Gasteiger partial charge is 0.207 e. The summed E-state index contributed by atoms with van der Waals surface area (Å²) < 4.78 is 28.2. The minimum Gasteiger partial charge on any atom is -0.207 e. The Bertz CT molecular complexity index is 1190. The fraction of sp³-hybridized carbons (Fsp3) is 0.143. The van der Waals surface area contributed by atoms with Crippen molar-refractivity contribution < 1.29 is 8.78 Å². The predicted octanol–water partition coefficient (Wildman–Crippen LogP) is 7.67. The second-order valence-corrected chi connectivity index (χ2v) is 8.32. The Morgan fingerprint density at radius 2 is 0.867 bits per heavy atom. The zero-order valence-electron chi connectivity index (χ0n) is 16.4. The molecule has 0 amide bonds. The van der Waals surface area contributed by atoms with Crippen molar-refractivity contribution in [2.45, 2.75) is 24.7 Å². The number of fused-ring (bicyclic) bond motifs is 6. The summed E-state index contributed by atoms with van der Waals surface area (Å²) in [4.78, 5) is 0. The van der Waals surface area contributed by atoms with E-state index < -0.39 is 0 Å². The lowest BCUT2D eigenvalue weighted by Gasteiger charge is -2.19. The van der Waals surface area contributed by atoms with Gasteiger partial charge in [0.2, 0.25) is 0 Å². The van der Waals surface area contributed by atoms with Crippen molar-refractivity contribution in [3.63, 3.8) is 0 Å². The van der Waals surface area contributed by atoms with Gasteiger partial charge in [-0.3, -0.25) is 0 Å². The van der Waals surface area contributed by atoms with E-state index >= 15 is 0 Å². The van der Waals surface area contributed by atoms with E-state index in [2.05, 4.69) is 48.5 Å². The molecule has 30 heavy (non-hydrogen) atoms. The topological polar surface area (TPSA) is 0 Å². The van der Waals surface area contributed by atoms with Crippen LogP contribution >= 0.6 is 0 Å². The first-order valence-electron chi connectivity index (χ1n) is 10.5. The SMILES string of the molecule is Fc1ccc2c(c1)C(CCC1c3ccccc3-c3ccccc31)c1cc(F)ccc1-2. The predicted molar refractivity (Wildman–Crippen MR) is 117 cm³/mol. The van der Waals surface area contributed by atoms with Gasteiger partial charge in [-0.2, -0.15) is 0 Å². The van der Waals surface area contributed by atoms with Crippen molar-refractivity contribution in [3.05, 3.63) is 119 Å². The van der Waals surface area contributed by atoms with Gasteiger partial charge in [0.05, 0.1) is 0 Å². The van der Waals surface area contributed by atoms with E-state index in [9.17, 15) is 8.78 Å². The van der Waals surface area contributed by atoms with Crippen molar-refractivity contribution in [3.8, 4) is 22.3 Å². The molecule has 0 heterocycles. The molecule has 0 unspecified atom stereocenters. The first kappa shape index (κ1) is 17.6. The Morgan fingerprint density at radius 1 is 0.467 bits per heavy atom. The molecule has 2 heteroatoms. The molecule has 0 radical (unpaired) electrons.